The van der Waals surface area contributed by atoms with Gasteiger partial charge in [-0.2, -0.15) is 0 Å². The van der Waals surface area contributed by atoms with Crippen LogP contribution in [0.15, 0.2) is 383 Å². The lowest BCUT2D eigenvalue weighted by atomic mass is 9.85. The van der Waals surface area contributed by atoms with Gasteiger partial charge in [-0.1, -0.05) is 231 Å². The van der Waals surface area contributed by atoms with E-state index >= 15 is 0 Å². The molecule has 9 heterocycles. The molecule has 0 radical (unpaired) electrons. The normalized spacial score (nSPS) is 12.6. The first kappa shape index (κ1) is 68.5. The van der Waals surface area contributed by atoms with Crippen molar-refractivity contribution in [1.82, 2.24) is 23.7 Å². The number of amides is 4. The van der Waals surface area contributed by atoms with E-state index in [1.54, 1.807) is 24.3 Å². The van der Waals surface area contributed by atoms with Crippen molar-refractivity contribution < 1.29 is 19.2 Å². The monoisotopic (exact) mass is 1540 g/mol. The molecule has 117 heavy (non-hydrogen) atoms. The topological polar surface area (TPSA) is 115 Å². The molecule has 15 aromatic carbocycles. The van der Waals surface area contributed by atoms with Crippen LogP contribution in [0, 0.1) is 0 Å². The van der Waals surface area contributed by atoms with E-state index in [4.69, 9.17) is 0 Å². The maximum absolute atomic E-state index is 13.3. The van der Waals surface area contributed by atoms with Crippen LogP contribution in [0.2, 0.25) is 0 Å². The standard InChI is InChI=1S/C54H35N3.C26H16S2.C24H12N4O4/c1-5-19-36(20-6-1)49-50(37-33-34-48-44(35-37)41-27-13-16-30-45(41)55(48)38-21-7-2-8-22-38)52-43-29-15-18-32-47(43)57(40-25-11-4-12-26-40)54(52)53-51(49)42-28-14-17-31-46(42)56(53)39-23-9-3-10-24-39;1-3-7-17(8-4-1)19-11-13-21-23(15-19)27-26-22-14-12-20(16-24(22)28-25(21)26)18-9-5-2-6-10-18;29-21-15-1-2-16-20-18(24(32)28(22(16)30)14-7-11-26-12-8-14)4-3-17(19(15)20)23(31)27(21)13-5-9-25-10-6-13/h1-35H;1-16H;1-12H. The van der Waals surface area contributed by atoms with Crippen molar-refractivity contribution in [2.45, 2.75) is 0 Å². The van der Waals surface area contributed by atoms with Crippen LogP contribution in [0.3, 0.4) is 0 Å². The van der Waals surface area contributed by atoms with Crippen molar-refractivity contribution in [2.75, 3.05) is 9.80 Å². The SMILES string of the molecule is O=C1c2ccc3c4c(ccc(c24)C(=O)N1c1ccncc1)C(=O)N(c1ccncc1)C3=O.c1ccc(-c2c(-c3ccc4c(c3)c3ccccc3n4-c3ccccc3)c3c4ccccc4n(-c4ccccc4)c3c3c2c2ccccc2n3-c2ccccc2)cc1.c1ccc(-c2ccc3c(c2)sc2c4ccc(-c5ccccc5)cc4sc32)cc1. The fourth-order valence-corrected chi connectivity index (χ4v) is 20.5. The molecule has 550 valence electrons. The Kier molecular flexibility index (Phi) is 16.3. The maximum atomic E-state index is 13.3. The minimum Gasteiger partial charge on any atom is -0.309 e. The van der Waals surface area contributed by atoms with Crippen LogP contribution in [-0.2, 0) is 0 Å². The van der Waals surface area contributed by atoms with Gasteiger partial charge in [-0.05, 0) is 161 Å². The second-order valence-electron chi connectivity index (χ2n) is 29.2. The van der Waals surface area contributed by atoms with Gasteiger partial charge >= 0.3 is 0 Å². The molecule has 0 bridgehead atoms. The summed E-state index contributed by atoms with van der Waals surface area (Å²) in [6, 6.07) is 125. The summed E-state index contributed by atoms with van der Waals surface area (Å²) >= 11 is 3.84. The molecule has 0 fully saturated rings. The molecule has 0 aliphatic carbocycles. The lowest BCUT2D eigenvalue weighted by Gasteiger charge is -2.31. The van der Waals surface area contributed by atoms with Crippen LogP contribution in [0.4, 0.5) is 11.4 Å². The summed E-state index contributed by atoms with van der Waals surface area (Å²) in [5.74, 6) is -2.08. The van der Waals surface area contributed by atoms with Gasteiger partial charge in [-0.3, -0.25) is 29.1 Å². The van der Waals surface area contributed by atoms with Crippen molar-refractivity contribution in [3.63, 3.8) is 0 Å². The molecule has 13 heteroatoms. The number of rotatable bonds is 9. The molecule has 4 amide bonds. The summed E-state index contributed by atoms with van der Waals surface area (Å²) in [6.07, 6.45) is 5.99. The first-order valence-electron chi connectivity index (χ1n) is 38.7. The number of fused-ring (bicyclic) bond motifs is 15. The Morgan fingerprint density at radius 1 is 0.222 bits per heavy atom. The maximum Gasteiger partial charge on any atom is 0.265 e. The van der Waals surface area contributed by atoms with Gasteiger partial charge in [0.15, 0.2) is 0 Å². The number of thiophene rings is 2. The largest absolute Gasteiger partial charge is 0.309 e. The molecule has 7 aromatic heterocycles. The number of carbonyl (C=O) groups excluding carboxylic acids is 4. The fourth-order valence-electron chi connectivity index (χ4n) is 17.7. The van der Waals surface area contributed by atoms with Crippen LogP contribution in [0.5, 0.6) is 0 Å². The predicted molar refractivity (Wildman–Crippen MR) is 481 cm³/mol. The van der Waals surface area contributed by atoms with E-state index in [-0.39, 0.29) is 22.3 Å². The summed E-state index contributed by atoms with van der Waals surface area (Å²) in [4.78, 5) is 63.2. The highest BCUT2D eigenvalue weighted by molar-refractivity contribution is 7.36. The Morgan fingerprint density at radius 2 is 0.547 bits per heavy atom. The molecule has 22 aromatic rings. The van der Waals surface area contributed by atoms with Crippen molar-refractivity contribution in [3.8, 4) is 61.6 Å². The van der Waals surface area contributed by atoms with Gasteiger partial charge in [0.05, 0.1) is 53.9 Å². The van der Waals surface area contributed by atoms with Gasteiger partial charge in [0, 0.05) is 138 Å². The van der Waals surface area contributed by atoms with E-state index in [1.165, 1.54) is 189 Å². The van der Waals surface area contributed by atoms with Gasteiger partial charge in [0.25, 0.3) is 23.6 Å². The van der Waals surface area contributed by atoms with E-state index in [1.807, 2.05) is 22.7 Å². The number of anilines is 2. The summed E-state index contributed by atoms with van der Waals surface area (Å²) in [6.45, 7) is 0. The molecule has 0 unspecified atom stereocenters. The number of nitrogens with zero attached hydrogens (tertiary/aromatic N) is 7. The predicted octanol–water partition coefficient (Wildman–Crippen LogP) is 26.1. The highest BCUT2D eigenvalue weighted by atomic mass is 32.1. The molecule has 24 rings (SSSR count). The molecule has 0 saturated carbocycles. The number of hydrogen-bond acceptors (Lipinski definition) is 8. The van der Waals surface area contributed by atoms with Gasteiger partial charge in [0.2, 0.25) is 0 Å². The zero-order valence-electron chi connectivity index (χ0n) is 62.5. The number of aromatic nitrogens is 5. The number of benzene rings is 15. The molecule has 0 atom stereocenters. The van der Waals surface area contributed by atoms with Crippen molar-refractivity contribution in [3.05, 3.63) is 405 Å². The lowest BCUT2D eigenvalue weighted by Crippen LogP contribution is -2.43. The summed E-state index contributed by atoms with van der Waals surface area (Å²) in [5.41, 5.74) is 22.4. The second-order valence-corrected chi connectivity index (χ2v) is 31.4. The highest BCUT2D eigenvalue weighted by Crippen LogP contribution is 2.54. The van der Waals surface area contributed by atoms with Crippen LogP contribution < -0.4 is 9.80 Å². The molecule has 2 aliphatic heterocycles. The molecule has 2 aliphatic rings. The van der Waals surface area contributed by atoms with E-state index in [0.717, 1.165) is 26.9 Å². The lowest BCUT2D eigenvalue weighted by molar-refractivity contribution is 0.0873. The van der Waals surface area contributed by atoms with Crippen LogP contribution in [0.25, 0.3) is 167 Å². The molecular formula is C104H63N7O4S2. The fraction of sp³-hybridized carbons (Fsp3) is 0. The molecule has 0 saturated heterocycles. The van der Waals surface area contributed by atoms with E-state index < -0.39 is 23.6 Å². The second kappa shape index (κ2) is 27.8. The molecular weight excluding hydrogens is 1480 g/mol. The third-order valence-corrected chi connectivity index (χ3v) is 25.3. The van der Waals surface area contributed by atoms with Crippen LogP contribution in [0.1, 0.15) is 41.4 Å². The van der Waals surface area contributed by atoms with E-state index in [9.17, 15) is 19.2 Å². The summed E-state index contributed by atoms with van der Waals surface area (Å²) < 4.78 is 13.0. The number of para-hydroxylation sites is 6. The Bertz CT molecular complexity index is 7520. The van der Waals surface area contributed by atoms with Gasteiger partial charge < -0.3 is 13.7 Å². The Hall–Kier alpha value is -15.3. The zero-order chi connectivity index (χ0) is 77.9. The molecule has 0 N–H and O–H groups in total. The van der Waals surface area contributed by atoms with Crippen molar-refractivity contribution >= 4 is 163 Å². The van der Waals surface area contributed by atoms with Gasteiger partial charge in [-0.25, -0.2) is 9.80 Å². The Balaban J connectivity index is 0.000000116. The number of hydrogen-bond donors (Lipinski definition) is 0. The third-order valence-electron chi connectivity index (χ3n) is 22.8. The number of imide groups is 2. The van der Waals surface area contributed by atoms with E-state index in [2.05, 4.69) is 333 Å². The van der Waals surface area contributed by atoms with Crippen molar-refractivity contribution in [2.24, 2.45) is 0 Å². The van der Waals surface area contributed by atoms with Crippen LogP contribution >= 0.6 is 22.7 Å². The first-order chi connectivity index (χ1) is 57.8. The Labute approximate surface area is 677 Å². The van der Waals surface area contributed by atoms with Crippen LogP contribution in [-0.4, -0.2) is 47.3 Å². The minimum atomic E-state index is -0.520. The van der Waals surface area contributed by atoms with Crippen molar-refractivity contribution in [1.29, 1.82) is 0 Å². The summed E-state index contributed by atoms with van der Waals surface area (Å²) in [5, 5.41) is 10.8. The number of pyridine rings is 2. The quantitative estimate of drug-likeness (QED) is 0.133. The Morgan fingerprint density at radius 3 is 0.957 bits per heavy atom. The average molecular weight is 1540 g/mol. The third kappa shape index (κ3) is 11.0. The zero-order valence-corrected chi connectivity index (χ0v) is 64.1. The smallest absolute Gasteiger partial charge is 0.265 e. The minimum absolute atomic E-state index is 0.259. The molecule has 0 spiro atoms. The number of carbonyl (C=O) groups is 4. The van der Waals surface area contributed by atoms with Gasteiger partial charge in [0.1, 0.15) is 0 Å². The average Bonchev–Trinajstić information content (AvgIpc) is 1.47. The first-order valence-corrected chi connectivity index (χ1v) is 40.4. The van der Waals surface area contributed by atoms with Gasteiger partial charge in [-0.15, -0.1) is 22.7 Å². The molecule has 11 nitrogen and oxygen atoms in total. The highest BCUT2D eigenvalue weighted by Gasteiger charge is 2.41. The van der Waals surface area contributed by atoms with E-state index in [0.29, 0.717) is 22.1 Å². The summed E-state index contributed by atoms with van der Waals surface area (Å²) in [7, 11) is 0.